The summed E-state index contributed by atoms with van der Waals surface area (Å²) in [6, 6.07) is 10.5. The molecule has 1 saturated heterocycles. The van der Waals surface area contributed by atoms with E-state index in [1.54, 1.807) is 23.1 Å². The largest absolute Gasteiger partial charge is 0.496 e. The highest BCUT2D eigenvalue weighted by atomic mass is 19.1. The Labute approximate surface area is 192 Å². The molecule has 5 rings (SSSR count). The van der Waals surface area contributed by atoms with Crippen molar-refractivity contribution in [2.45, 2.75) is 32.4 Å². The van der Waals surface area contributed by atoms with Gasteiger partial charge in [-0.05, 0) is 55.7 Å². The van der Waals surface area contributed by atoms with E-state index in [-0.39, 0.29) is 24.1 Å². The van der Waals surface area contributed by atoms with Gasteiger partial charge in [-0.3, -0.25) is 14.7 Å². The molecule has 0 bridgehead atoms. The molecule has 2 aliphatic heterocycles. The molecule has 7 nitrogen and oxygen atoms in total. The standard InChI is InChI=1S/C25H26FN5O2/c1-15-11-21(30-10-4-5-16(30)13-27)29-22(12-15)31-14-18-17(25(31)32)8-9-28-24(18)23-19(26)6-3-7-20(23)33-2/h3,6-9,11-12,16H,4-5,10,13-14,27H2,1-2H3/t16-/m0/s1. The van der Waals surface area contributed by atoms with Crippen LogP contribution < -0.4 is 20.3 Å². The van der Waals surface area contributed by atoms with Crippen LogP contribution in [0, 0.1) is 12.7 Å². The third-order valence-corrected chi connectivity index (χ3v) is 6.44. The molecule has 1 aromatic carbocycles. The van der Waals surface area contributed by atoms with Crippen LogP contribution in [0.15, 0.2) is 42.6 Å². The Morgan fingerprint density at radius 2 is 2.06 bits per heavy atom. The summed E-state index contributed by atoms with van der Waals surface area (Å²) in [5.74, 6) is 1.15. The maximum atomic E-state index is 14.8. The maximum Gasteiger partial charge on any atom is 0.260 e. The van der Waals surface area contributed by atoms with Crippen LogP contribution in [0.3, 0.4) is 0 Å². The molecule has 33 heavy (non-hydrogen) atoms. The van der Waals surface area contributed by atoms with Crippen molar-refractivity contribution < 1.29 is 13.9 Å². The van der Waals surface area contributed by atoms with E-state index in [4.69, 9.17) is 15.5 Å². The molecule has 8 heteroatoms. The summed E-state index contributed by atoms with van der Waals surface area (Å²) in [5.41, 5.74) is 8.80. The Balaban J connectivity index is 1.55. The number of halogens is 1. The van der Waals surface area contributed by atoms with E-state index in [2.05, 4.69) is 9.88 Å². The third-order valence-electron chi connectivity index (χ3n) is 6.44. The molecule has 4 heterocycles. The number of aromatic nitrogens is 2. The molecule has 3 aromatic rings. The number of methoxy groups -OCH3 is 1. The van der Waals surface area contributed by atoms with Crippen LogP contribution in [0.1, 0.15) is 34.3 Å². The van der Waals surface area contributed by atoms with Gasteiger partial charge in [0.2, 0.25) is 0 Å². The quantitative estimate of drug-likeness (QED) is 0.642. The highest BCUT2D eigenvalue weighted by molar-refractivity contribution is 6.10. The number of benzene rings is 1. The van der Waals surface area contributed by atoms with E-state index in [9.17, 15) is 9.18 Å². The number of nitrogens with zero attached hydrogens (tertiary/aromatic N) is 4. The summed E-state index contributed by atoms with van der Waals surface area (Å²) >= 11 is 0. The predicted octanol–water partition coefficient (Wildman–Crippen LogP) is 3.69. The van der Waals surface area contributed by atoms with E-state index < -0.39 is 5.82 Å². The number of nitrogens with two attached hydrogens (primary N) is 1. The molecule has 2 aliphatic rings. The van der Waals surface area contributed by atoms with Crippen molar-refractivity contribution >= 4 is 17.5 Å². The fourth-order valence-corrected chi connectivity index (χ4v) is 4.83. The van der Waals surface area contributed by atoms with Crippen molar-refractivity contribution in [2.75, 3.05) is 30.0 Å². The second kappa shape index (κ2) is 8.44. The van der Waals surface area contributed by atoms with Crippen LogP contribution in [-0.2, 0) is 6.54 Å². The van der Waals surface area contributed by atoms with Crippen molar-refractivity contribution in [3.63, 3.8) is 0 Å². The number of ether oxygens (including phenoxy) is 1. The highest BCUT2D eigenvalue weighted by Crippen LogP contribution is 2.39. The minimum atomic E-state index is -0.445. The van der Waals surface area contributed by atoms with Crippen molar-refractivity contribution in [2.24, 2.45) is 5.73 Å². The molecule has 0 radical (unpaired) electrons. The molecule has 1 amide bonds. The minimum Gasteiger partial charge on any atom is -0.496 e. The summed E-state index contributed by atoms with van der Waals surface area (Å²) in [6.07, 6.45) is 3.64. The Bertz CT molecular complexity index is 1230. The number of hydrogen-bond acceptors (Lipinski definition) is 6. The van der Waals surface area contributed by atoms with Crippen LogP contribution in [0.4, 0.5) is 16.0 Å². The molecule has 0 aliphatic carbocycles. The number of aryl methyl sites for hydroxylation is 1. The predicted molar refractivity (Wildman–Crippen MR) is 125 cm³/mol. The number of fused-ring (bicyclic) bond motifs is 1. The lowest BCUT2D eigenvalue weighted by atomic mass is 10.0. The smallest absolute Gasteiger partial charge is 0.260 e. The molecule has 0 saturated carbocycles. The Morgan fingerprint density at radius 3 is 2.85 bits per heavy atom. The van der Waals surface area contributed by atoms with E-state index in [1.165, 1.54) is 19.4 Å². The second-order valence-electron chi connectivity index (χ2n) is 8.48. The van der Waals surface area contributed by atoms with Gasteiger partial charge < -0.3 is 15.4 Å². The zero-order chi connectivity index (χ0) is 23.1. The number of hydrogen-bond donors (Lipinski definition) is 1. The molecular weight excluding hydrogens is 421 g/mol. The lowest BCUT2D eigenvalue weighted by molar-refractivity contribution is 0.0996. The zero-order valence-electron chi connectivity index (χ0n) is 18.7. The molecule has 0 unspecified atom stereocenters. The second-order valence-corrected chi connectivity index (χ2v) is 8.48. The van der Waals surface area contributed by atoms with Crippen LogP contribution in [0.2, 0.25) is 0 Å². The third kappa shape index (κ3) is 3.60. The van der Waals surface area contributed by atoms with Crippen molar-refractivity contribution in [3.05, 3.63) is 65.1 Å². The molecule has 2 N–H and O–H groups in total. The van der Waals surface area contributed by atoms with Gasteiger partial charge in [-0.25, -0.2) is 9.37 Å². The molecule has 1 fully saturated rings. The summed E-state index contributed by atoms with van der Waals surface area (Å²) in [6.45, 7) is 3.71. The molecule has 0 spiro atoms. The van der Waals surface area contributed by atoms with Crippen molar-refractivity contribution in [1.29, 1.82) is 0 Å². The summed E-state index contributed by atoms with van der Waals surface area (Å²) < 4.78 is 20.2. The number of carbonyl (C=O) groups is 1. The fraction of sp³-hybridized carbons (Fsp3) is 0.320. The SMILES string of the molecule is COc1cccc(F)c1-c1nccc2c1CN(c1cc(C)cc(N3CCC[C@H]3CN)n1)C2=O. The lowest BCUT2D eigenvalue weighted by Gasteiger charge is -2.26. The fourth-order valence-electron chi connectivity index (χ4n) is 4.83. The van der Waals surface area contributed by atoms with E-state index in [1.807, 2.05) is 19.1 Å². The topological polar surface area (TPSA) is 84.6 Å². The average Bonchev–Trinajstić information content (AvgIpc) is 3.43. The Kier molecular flexibility index (Phi) is 5.46. The average molecular weight is 448 g/mol. The highest BCUT2D eigenvalue weighted by Gasteiger charge is 2.34. The monoisotopic (exact) mass is 447 g/mol. The van der Waals surface area contributed by atoms with Gasteiger partial charge in [0, 0.05) is 36.5 Å². The Hall–Kier alpha value is -3.52. The first-order valence-corrected chi connectivity index (χ1v) is 11.1. The van der Waals surface area contributed by atoms with Gasteiger partial charge in [0.1, 0.15) is 23.2 Å². The summed E-state index contributed by atoms with van der Waals surface area (Å²) in [4.78, 5) is 26.5. The molecule has 2 aromatic heterocycles. The number of rotatable bonds is 5. The zero-order valence-corrected chi connectivity index (χ0v) is 18.7. The first-order chi connectivity index (χ1) is 16.0. The van der Waals surface area contributed by atoms with Gasteiger partial charge in [-0.1, -0.05) is 6.07 Å². The Morgan fingerprint density at radius 1 is 1.24 bits per heavy atom. The lowest BCUT2D eigenvalue weighted by Crippen LogP contribution is -2.36. The van der Waals surface area contributed by atoms with Gasteiger partial charge in [-0.2, -0.15) is 0 Å². The van der Waals surface area contributed by atoms with Gasteiger partial charge in [0.05, 0.1) is 24.9 Å². The number of amides is 1. The number of anilines is 2. The van der Waals surface area contributed by atoms with Crippen LogP contribution in [-0.4, -0.2) is 42.1 Å². The summed E-state index contributed by atoms with van der Waals surface area (Å²) in [5, 5.41) is 0. The van der Waals surface area contributed by atoms with E-state index in [0.29, 0.717) is 34.9 Å². The van der Waals surface area contributed by atoms with Gasteiger partial charge in [0.15, 0.2) is 0 Å². The molecular formula is C25H26FN5O2. The van der Waals surface area contributed by atoms with Crippen LogP contribution in [0.25, 0.3) is 11.3 Å². The van der Waals surface area contributed by atoms with Crippen LogP contribution in [0.5, 0.6) is 5.75 Å². The first kappa shape index (κ1) is 21.3. The van der Waals surface area contributed by atoms with Gasteiger partial charge in [-0.15, -0.1) is 0 Å². The number of carbonyl (C=O) groups excluding carboxylic acids is 1. The first-order valence-electron chi connectivity index (χ1n) is 11.1. The molecule has 1 atom stereocenters. The van der Waals surface area contributed by atoms with E-state index >= 15 is 0 Å². The normalized spacial score (nSPS) is 17.6. The minimum absolute atomic E-state index is 0.176. The van der Waals surface area contributed by atoms with Crippen molar-refractivity contribution in [3.8, 4) is 17.0 Å². The van der Waals surface area contributed by atoms with Gasteiger partial charge >= 0.3 is 0 Å². The van der Waals surface area contributed by atoms with Gasteiger partial charge in [0.25, 0.3) is 5.91 Å². The van der Waals surface area contributed by atoms with Crippen molar-refractivity contribution in [1.82, 2.24) is 9.97 Å². The van der Waals surface area contributed by atoms with Crippen LogP contribution >= 0.6 is 0 Å². The number of pyridine rings is 2. The summed E-state index contributed by atoms with van der Waals surface area (Å²) in [7, 11) is 1.49. The maximum absolute atomic E-state index is 14.8. The molecule has 170 valence electrons. The van der Waals surface area contributed by atoms with E-state index in [0.717, 1.165) is 30.8 Å².